The van der Waals surface area contributed by atoms with E-state index in [1.54, 1.807) is 24.3 Å². The van der Waals surface area contributed by atoms with Gasteiger partial charge in [-0.05, 0) is 72.9 Å². The van der Waals surface area contributed by atoms with Gasteiger partial charge in [-0.15, -0.1) is 0 Å². The van der Waals surface area contributed by atoms with Crippen molar-refractivity contribution >= 4 is 81.0 Å². The molecule has 0 amide bonds. The normalized spacial score (nSPS) is 11.4. The highest BCUT2D eigenvalue weighted by Gasteiger charge is 2.12. The van der Waals surface area contributed by atoms with Gasteiger partial charge in [-0.25, -0.2) is 0 Å². The number of nitrogens with zero attached hydrogens (tertiary/aromatic N) is 3. The highest BCUT2D eigenvalue weighted by molar-refractivity contribution is 7.80. The molecule has 31 heavy (non-hydrogen) atoms. The lowest BCUT2D eigenvalue weighted by molar-refractivity contribution is 1.00. The van der Waals surface area contributed by atoms with E-state index in [4.69, 9.17) is 47.0 Å². The summed E-state index contributed by atoms with van der Waals surface area (Å²) in [5.41, 5.74) is 2.37. The van der Waals surface area contributed by atoms with E-state index in [0.717, 1.165) is 17.1 Å². The van der Waals surface area contributed by atoms with Gasteiger partial charge in [-0.3, -0.25) is 4.57 Å². The van der Waals surface area contributed by atoms with Crippen molar-refractivity contribution in [3.8, 4) is 5.69 Å². The molecule has 0 aliphatic carbocycles. The highest BCUT2D eigenvalue weighted by Crippen LogP contribution is 2.22. The molecule has 156 valence electrons. The van der Waals surface area contributed by atoms with Gasteiger partial charge in [0.25, 0.3) is 0 Å². The fraction of sp³-hybridized carbons (Fsp3) is 0. The summed E-state index contributed by atoms with van der Waals surface area (Å²) in [4.78, 5) is 5.13. The number of thiocarbonyl (C=S) groups is 1. The average molecular weight is 507 g/mol. The Bertz CT molecular complexity index is 1300. The number of halogens is 3. The summed E-state index contributed by atoms with van der Waals surface area (Å²) < 4.78 is 6.37. The highest BCUT2D eigenvalue weighted by atomic mass is 35.5. The number of aromatic nitrogens is 2. The molecule has 4 aromatic rings. The summed E-state index contributed by atoms with van der Waals surface area (Å²) >= 11 is 24.9. The first-order valence-electron chi connectivity index (χ1n) is 8.96. The van der Waals surface area contributed by atoms with Gasteiger partial charge in [0.05, 0.1) is 5.69 Å². The van der Waals surface area contributed by atoms with Crippen molar-refractivity contribution in [3.05, 3.63) is 92.7 Å². The second kappa shape index (κ2) is 9.80. The Morgan fingerprint density at radius 3 is 2.29 bits per heavy atom. The van der Waals surface area contributed by atoms with E-state index < -0.39 is 0 Å². The summed E-state index contributed by atoms with van der Waals surface area (Å²) in [5, 5.41) is 8.51. The van der Waals surface area contributed by atoms with Crippen LogP contribution in [-0.4, -0.2) is 14.1 Å². The smallest absolute Gasteiger partial charge is 0.225 e. The Balaban J connectivity index is 1.73. The average Bonchev–Trinajstić information content (AvgIpc) is 3.11. The Hall–Kier alpha value is -2.42. The number of hydrogen-bond donors (Lipinski definition) is 2. The van der Waals surface area contributed by atoms with Crippen LogP contribution in [0.3, 0.4) is 0 Å². The number of rotatable bonds is 4. The quantitative estimate of drug-likeness (QED) is 0.295. The SMILES string of the molecule is S=C(/N=c1\snc(Nc2cccc(Cl)c2)n1-c1cccc(Cl)c1)Nc1ccc(Cl)cc1. The lowest BCUT2D eigenvalue weighted by atomic mass is 10.3. The molecule has 3 aromatic carbocycles. The predicted molar refractivity (Wildman–Crippen MR) is 134 cm³/mol. The van der Waals surface area contributed by atoms with Crippen LogP contribution >= 0.6 is 58.6 Å². The minimum Gasteiger partial charge on any atom is -0.331 e. The molecule has 4 rings (SSSR count). The van der Waals surface area contributed by atoms with Crippen LogP contribution < -0.4 is 15.4 Å². The first-order chi connectivity index (χ1) is 15.0. The maximum absolute atomic E-state index is 6.23. The molecule has 0 aliphatic heterocycles. The van der Waals surface area contributed by atoms with E-state index in [9.17, 15) is 0 Å². The second-order valence-corrected chi connectivity index (χ2v) is 8.71. The van der Waals surface area contributed by atoms with Gasteiger partial charge in [0.2, 0.25) is 10.7 Å². The van der Waals surface area contributed by atoms with Gasteiger partial charge < -0.3 is 10.6 Å². The third-order valence-electron chi connectivity index (χ3n) is 4.06. The fourth-order valence-corrected chi connectivity index (χ4v) is 4.18. The van der Waals surface area contributed by atoms with Crippen molar-refractivity contribution < 1.29 is 0 Å². The molecule has 2 N–H and O–H groups in total. The molecule has 0 saturated heterocycles. The van der Waals surface area contributed by atoms with Crippen molar-refractivity contribution in [3.63, 3.8) is 0 Å². The lowest BCUT2D eigenvalue weighted by Gasteiger charge is -2.10. The Morgan fingerprint density at radius 1 is 0.871 bits per heavy atom. The molecule has 10 heteroatoms. The summed E-state index contributed by atoms with van der Waals surface area (Å²) in [7, 11) is 0. The maximum Gasteiger partial charge on any atom is 0.225 e. The van der Waals surface area contributed by atoms with Crippen molar-refractivity contribution in [1.82, 2.24) is 8.94 Å². The van der Waals surface area contributed by atoms with Gasteiger partial charge in [0.1, 0.15) is 0 Å². The summed E-state index contributed by atoms with van der Waals surface area (Å²) in [6, 6.07) is 22.0. The van der Waals surface area contributed by atoms with E-state index in [0.29, 0.717) is 25.8 Å². The van der Waals surface area contributed by atoms with Crippen LogP contribution in [0.15, 0.2) is 77.8 Å². The minimum atomic E-state index is 0.288. The van der Waals surface area contributed by atoms with Crippen molar-refractivity contribution in [2.45, 2.75) is 0 Å². The van der Waals surface area contributed by atoms with Crippen LogP contribution in [0.25, 0.3) is 5.69 Å². The Morgan fingerprint density at radius 2 is 1.58 bits per heavy atom. The van der Waals surface area contributed by atoms with Crippen LogP contribution in [0.1, 0.15) is 0 Å². The van der Waals surface area contributed by atoms with Gasteiger partial charge in [0, 0.05) is 38.0 Å². The molecule has 0 atom stereocenters. The molecular formula is C21H14Cl3N5S2. The summed E-state index contributed by atoms with van der Waals surface area (Å²) in [6.07, 6.45) is 0. The van der Waals surface area contributed by atoms with E-state index in [1.807, 2.05) is 53.1 Å². The van der Waals surface area contributed by atoms with Gasteiger partial charge in [0.15, 0.2) is 5.11 Å². The first-order valence-corrected chi connectivity index (χ1v) is 11.3. The molecule has 5 nitrogen and oxygen atoms in total. The van der Waals surface area contributed by atoms with E-state index in [-0.39, 0.29) is 5.11 Å². The number of benzene rings is 3. The molecule has 0 radical (unpaired) electrons. The Kier molecular flexibility index (Phi) is 6.89. The van der Waals surface area contributed by atoms with Crippen molar-refractivity contribution in [2.24, 2.45) is 4.99 Å². The molecule has 0 spiro atoms. The van der Waals surface area contributed by atoms with E-state index >= 15 is 0 Å². The first kappa shape index (κ1) is 21.8. The van der Waals surface area contributed by atoms with Crippen LogP contribution in [0.4, 0.5) is 17.3 Å². The Labute approximate surface area is 203 Å². The predicted octanol–water partition coefficient (Wildman–Crippen LogP) is 6.94. The molecule has 0 unspecified atom stereocenters. The largest absolute Gasteiger partial charge is 0.331 e. The number of nitrogens with one attached hydrogen (secondary N) is 2. The number of hydrogen-bond acceptors (Lipinski definition) is 4. The molecule has 1 aromatic heterocycles. The van der Waals surface area contributed by atoms with Crippen molar-refractivity contribution in [2.75, 3.05) is 10.6 Å². The molecule has 0 fully saturated rings. The van der Waals surface area contributed by atoms with Gasteiger partial charge in [-0.1, -0.05) is 46.9 Å². The molecule has 1 heterocycles. The summed E-state index contributed by atoms with van der Waals surface area (Å²) in [5.74, 6) is 0.558. The minimum absolute atomic E-state index is 0.288. The maximum atomic E-state index is 6.23. The summed E-state index contributed by atoms with van der Waals surface area (Å²) in [6.45, 7) is 0. The molecule has 0 aliphatic rings. The zero-order chi connectivity index (χ0) is 21.8. The third-order valence-corrected chi connectivity index (χ3v) is 5.67. The fourth-order valence-electron chi connectivity index (χ4n) is 2.72. The van der Waals surface area contributed by atoms with E-state index in [2.05, 4.69) is 20.0 Å². The zero-order valence-corrected chi connectivity index (χ0v) is 19.6. The number of anilines is 3. The van der Waals surface area contributed by atoms with Crippen LogP contribution in [0.2, 0.25) is 15.1 Å². The third kappa shape index (κ3) is 5.64. The van der Waals surface area contributed by atoms with E-state index in [1.165, 1.54) is 11.5 Å². The molecular weight excluding hydrogens is 493 g/mol. The second-order valence-electron chi connectivity index (χ2n) is 6.29. The molecule has 0 saturated carbocycles. The standard InChI is InChI=1S/C21H14Cl3N5S2/c22-13-7-9-16(10-8-13)26-20(30)27-21-29(18-6-2-4-15(24)12-18)19(28-31-21)25-17-5-1-3-14(23)11-17/h1-12H,(H,25,28)(H,26,30)/b27-21-. The van der Waals surface area contributed by atoms with Gasteiger partial charge in [-0.2, -0.15) is 9.37 Å². The molecule has 0 bridgehead atoms. The monoisotopic (exact) mass is 505 g/mol. The lowest BCUT2D eigenvalue weighted by Crippen LogP contribution is -2.19. The van der Waals surface area contributed by atoms with Crippen LogP contribution in [0.5, 0.6) is 0 Å². The van der Waals surface area contributed by atoms with Crippen molar-refractivity contribution in [1.29, 1.82) is 0 Å². The zero-order valence-electron chi connectivity index (χ0n) is 15.7. The topological polar surface area (TPSA) is 54.2 Å². The van der Waals surface area contributed by atoms with Crippen LogP contribution in [0, 0.1) is 0 Å². The van der Waals surface area contributed by atoms with Gasteiger partial charge >= 0.3 is 0 Å². The van der Waals surface area contributed by atoms with Crippen LogP contribution in [-0.2, 0) is 0 Å².